The number of methoxy groups -OCH3 is 1. The summed E-state index contributed by atoms with van der Waals surface area (Å²) in [5.74, 6) is -1.39. The number of anilines is 2. The number of phenols is 1. The molecule has 0 unspecified atom stereocenters. The first-order valence-corrected chi connectivity index (χ1v) is 6.81. The Hall–Kier alpha value is -2.67. The van der Waals surface area contributed by atoms with Crippen LogP contribution < -0.4 is 10.1 Å². The molecule has 3 aromatic rings. The van der Waals surface area contributed by atoms with Gasteiger partial charge in [0.2, 0.25) is 0 Å². The lowest BCUT2D eigenvalue weighted by Crippen LogP contribution is -2.00. The number of aromatic nitrogens is 2. The number of halogens is 3. The molecule has 0 aliphatic carbocycles. The Morgan fingerprint density at radius 1 is 1.22 bits per heavy atom. The summed E-state index contributed by atoms with van der Waals surface area (Å²) in [6.45, 7) is 0. The van der Waals surface area contributed by atoms with Crippen LogP contribution in [0.15, 0.2) is 30.6 Å². The van der Waals surface area contributed by atoms with Crippen molar-refractivity contribution in [2.75, 3.05) is 12.4 Å². The second-order valence-electron chi connectivity index (χ2n) is 4.61. The first-order chi connectivity index (χ1) is 11.0. The monoisotopic (exact) mass is 337 g/mol. The Morgan fingerprint density at radius 3 is 2.74 bits per heavy atom. The number of nitrogens with one attached hydrogen (secondary N) is 1. The van der Waals surface area contributed by atoms with E-state index < -0.39 is 16.7 Å². The molecule has 0 amide bonds. The normalized spacial score (nSPS) is 10.8. The number of nitrogens with zero attached hydrogens (tertiary/aromatic N) is 2. The number of aromatic hydroxyl groups is 1. The standard InChI is InChI=1S/C15H10ClF2N3O2/c1-23-12-4-7-10(5-11(12)22)19-6-20-15(7)21-9-3-2-8(17)13(16)14(9)18/h2-6,22H,1H3,(H,19,20,21). The van der Waals surface area contributed by atoms with Crippen LogP contribution in [0.5, 0.6) is 11.5 Å². The van der Waals surface area contributed by atoms with E-state index in [1.165, 1.54) is 31.6 Å². The van der Waals surface area contributed by atoms with Crippen molar-refractivity contribution < 1.29 is 18.6 Å². The van der Waals surface area contributed by atoms with E-state index in [1.807, 2.05) is 0 Å². The van der Waals surface area contributed by atoms with Crippen molar-refractivity contribution in [3.05, 3.63) is 47.2 Å². The molecule has 0 aliphatic rings. The SMILES string of the molecule is COc1cc2c(Nc3ccc(F)c(Cl)c3F)ncnc2cc1O. The van der Waals surface area contributed by atoms with E-state index in [1.54, 1.807) is 0 Å². The molecule has 0 radical (unpaired) electrons. The van der Waals surface area contributed by atoms with Crippen LogP contribution in [0, 0.1) is 11.6 Å². The predicted molar refractivity (Wildman–Crippen MR) is 82.4 cm³/mol. The molecule has 1 aromatic heterocycles. The number of rotatable bonds is 3. The van der Waals surface area contributed by atoms with Crippen molar-refractivity contribution in [2.45, 2.75) is 0 Å². The first kappa shape index (κ1) is 15.2. The zero-order valence-corrected chi connectivity index (χ0v) is 12.5. The van der Waals surface area contributed by atoms with Gasteiger partial charge in [0.15, 0.2) is 17.3 Å². The van der Waals surface area contributed by atoms with Crippen LogP contribution in [-0.2, 0) is 0 Å². The van der Waals surface area contributed by atoms with Crippen LogP contribution in [0.3, 0.4) is 0 Å². The zero-order valence-electron chi connectivity index (χ0n) is 11.8. The highest BCUT2D eigenvalue weighted by Crippen LogP contribution is 2.34. The van der Waals surface area contributed by atoms with Crippen molar-refractivity contribution in [3.63, 3.8) is 0 Å². The van der Waals surface area contributed by atoms with E-state index in [9.17, 15) is 13.9 Å². The van der Waals surface area contributed by atoms with Crippen LogP contribution in [0.2, 0.25) is 5.02 Å². The quantitative estimate of drug-likeness (QED) is 0.707. The van der Waals surface area contributed by atoms with Gasteiger partial charge in [-0.3, -0.25) is 0 Å². The summed E-state index contributed by atoms with van der Waals surface area (Å²) >= 11 is 5.56. The molecule has 3 rings (SSSR count). The maximum Gasteiger partial charge on any atom is 0.168 e. The Balaban J connectivity index is 2.12. The van der Waals surface area contributed by atoms with Gasteiger partial charge < -0.3 is 15.2 Å². The van der Waals surface area contributed by atoms with Gasteiger partial charge in [-0.2, -0.15) is 0 Å². The molecule has 23 heavy (non-hydrogen) atoms. The number of hydrogen-bond donors (Lipinski definition) is 2. The van der Waals surface area contributed by atoms with Crippen LogP contribution in [0.1, 0.15) is 0 Å². The van der Waals surface area contributed by atoms with Gasteiger partial charge in [-0.15, -0.1) is 0 Å². The molecule has 0 saturated carbocycles. The van der Waals surface area contributed by atoms with Gasteiger partial charge in [-0.05, 0) is 18.2 Å². The summed E-state index contributed by atoms with van der Waals surface area (Å²) in [7, 11) is 1.40. The third-order valence-electron chi connectivity index (χ3n) is 3.22. The largest absolute Gasteiger partial charge is 0.504 e. The van der Waals surface area contributed by atoms with E-state index in [2.05, 4.69) is 15.3 Å². The summed E-state index contributed by atoms with van der Waals surface area (Å²) in [6.07, 6.45) is 1.25. The topological polar surface area (TPSA) is 67.3 Å². The summed E-state index contributed by atoms with van der Waals surface area (Å²) in [5, 5.41) is 12.4. The van der Waals surface area contributed by atoms with Crippen LogP contribution in [-0.4, -0.2) is 22.2 Å². The maximum absolute atomic E-state index is 14.0. The van der Waals surface area contributed by atoms with Crippen molar-refractivity contribution in [1.29, 1.82) is 0 Å². The summed E-state index contributed by atoms with van der Waals surface area (Å²) in [6, 6.07) is 5.16. The van der Waals surface area contributed by atoms with Gasteiger partial charge in [0, 0.05) is 11.5 Å². The molecule has 0 saturated heterocycles. The van der Waals surface area contributed by atoms with Gasteiger partial charge in [0.05, 0.1) is 18.3 Å². The fraction of sp³-hybridized carbons (Fsp3) is 0.0667. The smallest absolute Gasteiger partial charge is 0.168 e. The minimum Gasteiger partial charge on any atom is -0.504 e. The lowest BCUT2D eigenvalue weighted by molar-refractivity contribution is 0.374. The van der Waals surface area contributed by atoms with E-state index in [4.69, 9.17) is 16.3 Å². The Bertz CT molecular complexity index is 906. The van der Waals surface area contributed by atoms with Crippen LogP contribution in [0.25, 0.3) is 10.9 Å². The number of ether oxygens (including phenoxy) is 1. The average Bonchev–Trinajstić information content (AvgIpc) is 2.55. The molecule has 0 fully saturated rings. The highest BCUT2D eigenvalue weighted by molar-refractivity contribution is 6.31. The Morgan fingerprint density at radius 2 is 2.00 bits per heavy atom. The Labute approximate surface area is 134 Å². The molecule has 0 aliphatic heterocycles. The predicted octanol–water partition coefficient (Wildman–Crippen LogP) is 4.02. The van der Waals surface area contributed by atoms with Crippen LogP contribution in [0.4, 0.5) is 20.3 Å². The van der Waals surface area contributed by atoms with Crippen molar-refractivity contribution >= 4 is 34.0 Å². The average molecular weight is 338 g/mol. The summed E-state index contributed by atoms with van der Waals surface area (Å²) in [4.78, 5) is 8.06. The molecule has 2 N–H and O–H groups in total. The molecule has 2 aromatic carbocycles. The second kappa shape index (κ2) is 5.85. The lowest BCUT2D eigenvalue weighted by atomic mass is 10.2. The third kappa shape index (κ3) is 2.70. The van der Waals surface area contributed by atoms with Gasteiger partial charge in [0.1, 0.15) is 23.0 Å². The number of fused-ring (bicyclic) bond motifs is 1. The Kier molecular flexibility index (Phi) is 3.87. The molecule has 0 spiro atoms. The van der Waals surface area contributed by atoms with E-state index in [0.717, 1.165) is 6.07 Å². The molecule has 0 atom stereocenters. The first-order valence-electron chi connectivity index (χ1n) is 6.43. The number of benzene rings is 2. The number of phenolic OH excluding ortho intramolecular Hbond substituents is 1. The lowest BCUT2D eigenvalue weighted by Gasteiger charge is -2.11. The van der Waals surface area contributed by atoms with Gasteiger partial charge in [-0.1, -0.05) is 11.6 Å². The van der Waals surface area contributed by atoms with Crippen molar-refractivity contribution in [2.24, 2.45) is 0 Å². The fourth-order valence-electron chi connectivity index (χ4n) is 2.09. The molecule has 8 heteroatoms. The minimum absolute atomic E-state index is 0.0385. The second-order valence-corrected chi connectivity index (χ2v) is 4.99. The van der Waals surface area contributed by atoms with E-state index >= 15 is 0 Å². The van der Waals surface area contributed by atoms with E-state index in [0.29, 0.717) is 10.9 Å². The molecule has 1 heterocycles. The molecular weight excluding hydrogens is 328 g/mol. The minimum atomic E-state index is -0.927. The number of hydrogen-bond acceptors (Lipinski definition) is 5. The van der Waals surface area contributed by atoms with Crippen LogP contribution >= 0.6 is 11.6 Å². The summed E-state index contributed by atoms with van der Waals surface area (Å²) in [5.41, 5.74) is 0.387. The summed E-state index contributed by atoms with van der Waals surface area (Å²) < 4.78 is 32.3. The molecule has 118 valence electrons. The molecular formula is C15H10ClF2N3O2. The van der Waals surface area contributed by atoms with Gasteiger partial charge in [0.25, 0.3) is 0 Å². The van der Waals surface area contributed by atoms with Gasteiger partial charge >= 0.3 is 0 Å². The molecule has 0 bridgehead atoms. The van der Waals surface area contributed by atoms with Crippen molar-refractivity contribution in [1.82, 2.24) is 9.97 Å². The third-order valence-corrected chi connectivity index (χ3v) is 3.57. The van der Waals surface area contributed by atoms with Crippen molar-refractivity contribution in [3.8, 4) is 11.5 Å². The van der Waals surface area contributed by atoms with Gasteiger partial charge in [-0.25, -0.2) is 18.7 Å². The van der Waals surface area contributed by atoms with E-state index in [-0.39, 0.29) is 23.0 Å². The maximum atomic E-state index is 14.0. The fourth-order valence-corrected chi connectivity index (χ4v) is 2.25. The molecule has 5 nitrogen and oxygen atoms in total. The highest BCUT2D eigenvalue weighted by Gasteiger charge is 2.14. The highest BCUT2D eigenvalue weighted by atomic mass is 35.5. The zero-order chi connectivity index (χ0) is 16.6.